The van der Waals surface area contributed by atoms with Crippen LogP contribution < -0.4 is 15.4 Å². The summed E-state index contributed by atoms with van der Waals surface area (Å²) < 4.78 is 9.67. The Morgan fingerprint density at radius 1 is 1.19 bits per heavy atom. The first-order valence-corrected chi connectivity index (χ1v) is 6.52. The Kier molecular flexibility index (Phi) is 4.21. The lowest BCUT2D eigenvalue weighted by atomic mass is 9.93. The number of hydrogen-bond acceptors (Lipinski definition) is 4. The Labute approximate surface area is 123 Å². The molecule has 7 nitrogen and oxygen atoms in total. The van der Waals surface area contributed by atoms with Crippen LogP contribution in [-0.2, 0) is 4.74 Å². The molecule has 0 aliphatic carbocycles. The van der Waals surface area contributed by atoms with Crippen LogP contribution in [0.3, 0.4) is 0 Å². The van der Waals surface area contributed by atoms with Crippen LogP contribution >= 0.6 is 0 Å². The first-order chi connectivity index (χ1) is 9.95. The molecule has 1 saturated heterocycles. The van der Waals surface area contributed by atoms with E-state index in [0.29, 0.717) is 18.8 Å². The molecule has 0 saturated carbocycles. The van der Waals surface area contributed by atoms with E-state index in [1.807, 2.05) is 6.92 Å². The largest absolute Gasteiger partial charge is 0.497 e. The van der Waals surface area contributed by atoms with Crippen LogP contribution in [0.25, 0.3) is 0 Å². The van der Waals surface area contributed by atoms with Crippen LogP contribution in [0.1, 0.15) is 6.92 Å². The van der Waals surface area contributed by atoms with E-state index in [-0.39, 0.29) is 12.1 Å². The minimum Gasteiger partial charge on any atom is -0.497 e. The maximum Gasteiger partial charge on any atom is 0.409 e. The van der Waals surface area contributed by atoms with Gasteiger partial charge < -0.3 is 25.0 Å². The van der Waals surface area contributed by atoms with Crippen molar-refractivity contribution in [2.45, 2.75) is 12.5 Å². The lowest BCUT2D eigenvalue weighted by Crippen LogP contribution is -2.70. The van der Waals surface area contributed by atoms with E-state index in [9.17, 15) is 9.59 Å². The molecule has 1 heterocycles. The summed E-state index contributed by atoms with van der Waals surface area (Å²) in [5.41, 5.74) is 0.228. The number of urea groups is 1. The smallest absolute Gasteiger partial charge is 0.409 e. The zero-order valence-electron chi connectivity index (χ0n) is 12.3. The molecule has 3 amide bonds. The van der Waals surface area contributed by atoms with Crippen molar-refractivity contribution >= 4 is 17.8 Å². The van der Waals surface area contributed by atoms with Gasteiger partial charge in [-0.2, -0.15) is 0 Å². The number of benzene rings is 1. The van der Waals surface area contributed by atoms with Gasteiger partial charge in [0.2, 0.25) is 0 Å². The Balaban J connectivity index is 1.83. The van der Waals surface area contributed by atoms with E-state index >= 15 is 0 Å². The molecule has 7 heteroatoms. The highest BCUT2D eigenvalue weighted by atomic mass is 16.5. The van der Waals surface area contributed by atoms with Gasteiger partial charge in [-0.1, -0.05) is 0 Å². The molecule has 0 bridgehead atoms. The van der Waals surface area contributed by atoms with Crippen LogP contribution in [0, 0.1) is 0 Å². The third-order valence-corrected chi connectivity index (χ3v) is 3.28. The monoisotopic (exact) mass is 293 g/mol. The number of carbonyl (C=O) groups is 2. The molecule has 0 unspecified atom stereocenters. The second-order valence-electron chi connectivity index (χ2n) is 5.19. The third kappa shape index (κ3) is 3.56. The third-order valence-electron chi connectivity index (χ3n) is 3.28. The van der Waals surface area contributed by atoms with Gasteiger partial charge in [0.1, 0.15) is 5.75 Å². The molecule has 2 N–H and O–H groups in total. The van der Waals surface area contributed by atoms with Crippen LogP contribution in [0.4, 0.5) is 15.3 Å². The minimum absolute atomic E-state index is 0.313. The summed E-state index contributed by atoms with van der Waals surface area (Å²) in [4.78, 5) is 24.7. The van der Waals surface area contributed by atoms with Gasteiger partial charge in [0.15, 0.2) is 0 Å². The van der Waals surface area contributed by atoms with Gasteiger partial charge in [-0.15, -0.1) is 0 Å². The summed E-state index contributed by atoms with van der Waals surface area (Å²) in [7, 11) is 2.92. The second kappa shape index (κ2) is 5.90. The zero-order chi connectivity index (χ0) is 15.5. The van der Waals surface area contributed by atoms with Crippen molar-refractivity contribution < 1.29 is 19.1 Å². The highest BCUT2D eigenvalue weighted by Crippen LogP contribution is 2.21. The number of anilines is 1. The van der Waals surface area contributed by atoms with Crippen LogP contribution in [-0.4, -0.2) is 49.9 Å². The molecule has 0 atom stereocenters. The molecule has 21 heavy (non-hydrogen) atoms. The number of hydrogen-bond donors (Lipinski definition) is 2. The van der Waals surface area contributed by atoms with Gasteiger partial charge in [-0.05, 0) is 31.2 Å². The number of likely N-dealkylation sites (tertiary alicyclic amines) is 1. The molecule has 0 aromatic heterocycles. The van der Waals surface area contributed by atoms with Crippen LogP contribution in [0.2, 0.25) is 0 Å². The van der Waals surface area contributed by atoms with Crippen molar-refractivity contribution in [3.8, 4) is 5.75 Å². The fraction of sp³-hybridized carbons (Fsp3) is 0.429. The van der Waals surface area contributed by atoms with E-state index in [1.165, 1.54) is 12.0 Å². The number of nitrogens with one attached hydrogen (secondary N) is 2. The Hall–Kier alpha value is -2.44. The molecule has 0 radical (unpaired) electrons. The Morgan fingerprint density at radius 3 is 2.33 bits per heavy atom. The van der Waals surface area contributed by atoms with Crippen LogP contribution in [0.15, 0.2) is 24.3 Å². The summed E-state index contributed by atoms with van der Waals surface area (Å²) in [6.07, 6.45) is -0.384. The SMILES string of the molecule is COC(=O)N1CC(C)(NC(=O)Nc2ccc(OC)cc2)C1. The normalized spacial score (nSPS) is 15.7. The molecule has 1 aliphatic heterocycles. The van der Waals surface area contributed by atoms with Gasteiger partial charge in [0.25, 0.3) is 0 Å². The molecule has 2 rings (SSSR count). The number of carbonyl (C=O) groups excluding carboxylic acids is 2. The van der Waals surface area contributed by atoms with E-state index in [2.05, 4.69) is 15.4 Å². The van der Waals surface area contributed by atoms with Crippen molar-refractivity contribution in [2.75, 3.05) is 32.6 Å². The lowest BCUT2D eigenvalue weighted by molar-refractivity contribution is 0.0476. The zero-order valence-corrected chi connectivity index (χ0v) is 12.3. The maximum atomic E-state index is 11.9. The van der Waals surface area contributed by atoms with Gasteiger partial charge in [0.05, 0.1) is 19.8 Å². The van der Waals surface area contributed by atoms with Crippen molar-refractivity contribution in [2.24, 2.45) is 0 Å². The molecule has 1 aromatic rings. The summed E-state index contributed by atoms with van der Waals surface area (Å²) in [5.74, 6) is 0.723. The first kappa shape index (κ1) is 15.0. The maximum absolute atomic E-state index is 11.9. The van der Waals surface area contributed by atoms with E-state index in [1.54, 1.807) is 31.4 Å². The summed E-state index contributed by atoms with van der Waals surface area (Å²) in [6.45, 7) is 2.73. The number of methoxy groups -OCH3 is 2. The minimum atomic E-state index is -0.440. The fourth-order valence-corrected chi connectivity index (χ4v) is 2.24. The number of amides is 3. The first-order valence-electron chi connectivity index (χ1n) is 6.52. The Morgan fingerprint density at radius 2 is 1.81 bits per heavy atom. The van der Waals surface area contributed by atoms with Crippen molar-refractivity contribution in [1.82, 2.24) is 10.2 Å². The summed E-state index contributed by atoms with van der Waals surface area (Å²) in [6, 6.07) is 6.72. The highest BCUT2D eigenvalue weighted by molar-refractivity contribution is 5.90. The van der Waals surface area contributed by atoms with Crippen LogP contribution in [0.5, 0.6) is 5.75 Å². The number of nitrogens with zero attached hydrogens (tertiary/aromatic N) is 1. The lowest BCUT2D eigenvalue weighted by Gasteiger charge is -2.47. The summed E-state index contributed by atoms with van der Waals surface area (Å²) in [5, 5.41) is 5.58. The average molecular weight is 293 g/mol. The standard InChI is InChI=1S/C14H19N3O4/c1-14(8-17(9-14)13(19)21-3)16-12(18)15-10-4-6-11(20-2)7-5-10/h4-7H,8-9H2,1-3H3,(H2,15,16,18). The average Bonchev–Trinajstić information content (AvgIpc) is 2.44. The number of rotatable bonds is 3. The topological polar surface area (TPSA) is 79.9 Å². The van der Waals surface area contributed by atoms with Gasteiger partial charge in [-0.3, -0.25) is 0 Å². The number of ether oxygens (including phenoxy) is 2. The molecular weight excluding hydrogens is 274 g/mol. The van der Waals surface area contributed by atoms with Crippen molar-refractivity contribution in [3.05, 3.63) is 24.3 Å². The Bertz CT molecular complexity index is 524. The predicted molar refractivity (Wildman–Crippen MR) is 77.5 cm³/mol. The summed E-state index contributed by atoms with van der Waals surface area (Å²) >= 11 is 0. The van der Waals surface area contributed by atoms with Crippen molar-refractivity contribution in [3.63, 3.8) is 0 Å². The van der Waals surface area contributed by atoms with E-state index in [4.69, 9.17) is 4.74 Å². The second-order valence-corrected chi connectivity index (χ2v) is 5.19. The fourth-order valence-electron chi connectivity index (χ4n) is 2.24. The molecule has 114 valence electrons. The van der Waals surface area contributed by atoms with E-state index < -0.39 is 5.54 Å². The predicted octanol–water partition coefficient (Wildman–Crippen LogP) is 1.66. The van der Waals surface area contributed by atoms with Gasteiger partial charge >= 0.3 is 12.1 Å². The van der Waals surface area contributed by atoms with E-state index in [0.717, 1.165) is 5.75 Å². The van der Waals surface area contributed by atoms with Gasteiger partial charge in [-0.25, -0.2) is 9.59 Å². The highest BCUT2D eigenvalue weighted by Gasteiger charge is 2.43. The van der Waals surface area contributed by atoms with Gasteiger partial charge in [0, 0.05) is 18.8 Å². The molecule has 1 aromatic carbocycles. The van der Waals surface area contributed by atoms with Crippen molar-refractivity contribution in [1.29, 1.82) is 0 Å². The molecule has 1 aliphatic rings. The molecule has 1 fully saturated rings. The molecule has 0 spiro atoms. The quantitative estimate of drug-likeness (QED) is 0.888. The molecular formula is C14H19N3O4.